The topological polar surface area (TPSA) is 37.2 Å². The van der Waals surface area contributed by atoms with E-state index in [1.807, 2.05) is 36.5 Å². The van der Waals surface area contributed by atoms with Crippen molar-refractivity contribution >= 4 is 23.3 Å². The quantitative estimate of drug-likeness (QED) is 0.740. The number of para-hydroxylation sites is 1. The number of hydrogen-bond acceptors (Lipinski definition) is 2. The molecule has 4 rings (SSSR count). The summed E-state index contributed by atoms with van der Waals surface area (Å²) >= 11 is 0. The van der Waals surface area contributed by atoms with Gasteiger partial charge in [0.25, 0.3) is 0 Å². The highest BCUT2D eigenvalue weighted by Gasteiger charge is 2.32. The van der Waals surface area contributed by atoms with Gasteiger partial charge in [-0.2, -0.15) is 0 Å². The van der Waals surface area contributed by atoms with E-state index in [2.05, 4.69) is 16.0 Å². The van der Waals surface area contributed by atoms with Gasteiger partial charge in [0.1, 0.15) is 5.82 Å². The molecular weight excluding hydrogens is 339 g/mol. The van der Waals surface area contributed by atoms with Gasteiger partial charge in [0.15, 0.2) is 0 Å². The van der Waals surface area contributed by atoms with E-state index in [1.54, 1.807) is 6.07 Å². The lowest BCUT2D eigenvalue weighted by atomic mass is 9.94. The summed E-state index contributed by atoms with van der Waals surface area (Å²) in [5.74, 6) is -0.277. The number of aromatic nitrogens is 1. The van der Waals surface area contributed by atoms with E-state index in [-0.39, 0.29) is 30.3 Å². The van der Waals surface area contributed by atoms with Crippen LogP contribution in [0.4, 0.5) is 4.39 Å². The molecule has 1 aliphatic rings. The fourth-order valence-electron chi connectivity index (χ4n) is 3.78. The van der Waals surface area contributed by atoms with Crippen molar-refractivity contribution in [3.8, 4) is 0 Å². The SMILES string of the molecule is Cl.O[C@@H]([C@@H]1CCCN1)[C@@H](c1cccc(F)c1)n1ccc2ccccc21. The lowest BCUT2D eigenvalue weighted by Crippen LogP contribution is -2.41. The van der Waals surface area contributed by atoms with E-state index >= 15 is 0 Å². The zero-order chi connectivity index (χ0) is 16.5. The second kappa shape index (κ2) is 7.56. The van der Waals surface area contributed by atoms with Gasteiger partial charge >= 0.3 is 0 Å². The Balaban J connectivity index is 0.00000182. The average Bonchev–Trinajstić information content (AvgIpc) is 3.25. The molecule has 0 aliphatic carbocycles. The van der Waals surface area contributed by atoms with Crippen molar-refractivity contribution in [1.29, 1.82) is 0 Å². The predicted octanol–water partition coefficient (Wildman–Crippen LogP) is 3.90. The van der Waals surface area contributed by atoms with Gasteiger partial charge in [-0.05, 0) is 54.6 Å². The first-order valence-corrected chi connectivity index (χ1v) is 8.46. The molecule has 2 aromatic carbocycles. The Bertz CT molecular complexity index is 844. The van der Waals surface area contributed by atoms with Crippen molar-refractivity contribution in [2.24, 2.45) is 0 Å². The van der Waals surface area contributed by atoms with Crippen molar-refractivity contribution < 1.29 is 9.50 Å². The first kappa shape index (κ1) is 17.9. The number of halogens is 2. The molecule has 2 heterocycles. The Morgan fingerprint density at radius 3 is 2.72 bits per heavy atom. The zero-order valence-electron chi connectivity index (χ0n) is 13.8. The Kier molecular flexibility index (Phi) is 5.42. The van der Waals surface area contributed by atoms with Crippen LogP contribution in [-0.4, -0.2) is 28.4 Å². The van der Waals surface area contributed by atoms with Crippen molar-refractivity contribution in [3.63, 3.8) is 0 Å². The van der Waals surface area contributed by atoms with E-state index in [9.17, 15) is 9.50 Å². The Morgan fingerprint density at radius 1 is 1.12 bits per heavy atom. The first-order valence-electron chi connectivity index (χ1n) is 8.46. The van der Waals surface area contributed by atoms with Crippen LogP contribution in [0.2, 0.25) is 0 Å². The molecule has 1 aliphatic heterocycles. The molecule has 0 amide bonds. The van der Waals surface area contributed by atoms with Crippen molar-refractivity contribution in [2.75, 3.05) is 6.54 Å². The van der Waals surface area contributed by atoms with Gasteiger partial charge in [-0.3, -0.25) is 0 Å². The maximum absolute atomic E-state index is 13.8. The second-order valence-corrected chi connectivity index (χ2v) is 6.48. The number of nitrogens with zero attached hydrogens (tertiary/aromatic N) is 1. The number of hydrogen-bond donors (Lipinski definition) is 2. The molecule has 0 saturated carbocycles. The van der Waals surface area contributed by atoms with Gasteiger partial charge in [0, 0.05) is 17.8 Å². The highest BCUT2D eigenvalue weighted by Crippen LogP contribution is 2.31. The predicted molar refractivity (Wildman–Crippen MR) is 101 cm³/mol. The maximum atomic E-state index is 13.8. The smallest absolute Gasteiger partial charge is 0.123 e. The number of nitrogens with one attached hydrogen (secondary N) is 1. The van der Waals surface area contributed by atoms with Gasteiger partial charge in [0.2, 0.25) is 0 Å². The van der Waals surface area contributed by atoms with Crippen LogP contribution in [0.1, 0.15) is 24.4 Å². The fraction of sp³-hybridized carbons (Fsp3) is 0.300. The van der Waals surface area contributed by atoms with Crippen LogP contribution in [-0.2, 0) is 0 Å². The normalized spacial score (nSPS) is 19.5. The molecule has 3 aromatic rings. The number of aliphatic hydroxyl groups excluding tert-OH is 1. The largest absolute Gasteiger partial charge is 0.389 e. The third kappa shape index (κ3) is 3.43. The van der Waals surface area contributed by atoms with Crippen LogP contribution in [0.15, 0.2) is 60.8 Å². The highest BCUT2D eigenvalue weighted by molar-refractivity contribution is 5.85. The maximum Gasteiger partial charge on any atom is 0.123 e. The van der Waals surface area contributed by atoms with Gasteiger partial charge < -0.3 is 15.0 Å². The molecule has 0 bridgehead atoms. The summed E-state index contributed by atoms with van der Waals surface area (Å²) in [5, 5.41) is 15.6. The van der Waals surface area contributed by atoms with Crippen LogP contribution in [0.25, 0.3) is 10.9 Å². The van der Waals surface area contributed by atoms with E-state index in [4.69, 9.17) is 0 Å². The standard InChI is InChI=1S/C20H21FN2O.ClH/c21-16-7-3-6-15(13-16)19(20(24)17-8-4-11-22-17)23-12-10-14-5-1-2-9-18(14)23;/h1-3,5-7,9-10,12-13,17,19-20,22,24H,4,8,11H2;1H/t17-,19+,20-;/m0./s1. The van der Waals surface area contributed by atoms with Crippen LogP contribution in [0.3, 0.4) is 0 Å². The molecule has 25 heavy (non-hydrogen) atoms. The molecule has 0 unspecified atom stereocenters. The molecule has 5 heteroatoms. The minimum Gasteiger partial charge on any atom is -0.389 e. The minimum absolute atomic E-state index is 0. The third-order valence-corrected chi connectivity index (χ3v) is 4.95. The molecule has 0 radical (unpaired) electrons. The summed E-state index contributed by atoms with van der Waals surface area (Å²) in [4.78, 5) is 0. The molecule has 1 saturated heterocycles. The Morgan fingerprint density at radius 2 is 1.96 bits per heavy atom. The van der Waals surface area contributed by atoms with Crippen molar-refractivity contribution in [2.45, 2.75) is 31.0 Å². The van der Waals surface area contributed by atoms with E-state index in [0.29, 0.717) is 0 Å². The van der Waals surface area contributed by atoms with E-state index in [1.165, 1.54) is 12.1 Å². The zero-order valence-corrected chi connectivity index (χ0v) is 14.6. The van der Waals surface area contributed by atoms with Gasteiger partial charge in [-0.25, -0.2) is 4.39 Å². The number of benzene rings is 2. The summed E-state index contributed by atoms with van der Waals surface area (Å²) in [6.07, 6.45) is 3.36. The molecule has 3 atom stereocenters. The average molecular weight is 361 g/mol. The number of aliphatic hydroxyl groups is 1. The fourth-order valence-corrected chi connectivity index (χ4v) is 3.78. The van der Waals surface area contributed by atoms with E-state index < -0.39 is 6.10 Å². The molecule has 132 valence electrons. The second-order valence-electron chi connectivity index (χ2n) is 6.48. The summed E-state index contributed by atoms with van der Waals surface area (Å²) in [7, 11) is 0. The lowest BCUT2D eigenvalue weighted by Gasteiger charge is -2.30. The summed E-state index contributed by atoms with van der Waals surface area (Å²) in [6, 6.07) is 16.4. The van der Waals surface area contributed by atoms with Crippen molar-refractivity contribution in [3.05, 3.63) is 72.2 Å². The van der Waals surface area contributed by atoms with Crippen LogP contribution >= 0.6 is 12.4 Å². The van der Waals surface area contributed by atoms with Crippen LogP contribution in [0.5, 0.6) is 0 Å². The molecule has 0 spiro atoms. The van der Waals surface area contributed by atoms with E-state index in [0.717, 1.165) is 35.9 Å². The third-order valence-electron chi connectivity index (χ3n) is 4.95. The van der Waals surface area contributed by atoms with Crippen LogP contribution in [0, 0.1) is 5.82 Å². The minimum atomic E-state index is -0.620. The van der Waals surface area contributed by atoms with Gasteiger partial charge in [0.05, 0.1) is 12.1 Å². The van der Waals surface area contributed by atoms with Crippen LogP contribution < -0.4 is 5.32 Å². The summed E-state index contributed by atoms with van der Waals surface area (Å²) < 4.78 is 15.9. The van der Waals surface area contributed by atoms with Crippen molar-refractivity contribution in [1.82, 2.24) is 9.88 Å². The Labute approximate surface area is 152 Å². The monoisotopic (exact) mass is 360 g/mol. The number of rotatable bonds is 4. The number of fused-ring (bicyclic) bond motifs is 1. The highest BCUT2D eigenvalue weighted by atomic mass is 35.5. The lowest BCUT2D eigenvalue weighted by molar-refractivity contribution is 0.0970. The molecule has 1 fully saturated rings. The molecule has 2 N–H and O–H groups in total. The first-order chi connectivity index (χ1) is 11.7. The molecule has 3 nitrogen and oxygen atoms in total. The Hall–Kier alpha value is -1.88. The summed E-state index contributed by atoms with van der Waals surface area (Å²) in [6.45, 7) is 0.921. The summed E-state index contributed by atoms with van der Waals surface area (Å²) in [5.41, 5.74) is 1.83. The molecular formula is C20H22ClFN2O. The van der Waals surface area contributed by atoms with Gasteiger partial charge in [-0.1, -0.05) is 30.3 Å². The molecule has 1 aromatic heterocycles. The van der Waals surface area contributed by atoms with Gasteiger partial charge in [-0.15, -0.1) is 12.4 Å².